The molecular formula is C16H24FN. The predicted octanol–water partition coefficient (Wildman–Crippen LogP) is 3.96. The van der Waals surface area contributed by atoms with Gasteiger partial charge in [0.25, 0.3) is 0 Å². The first-order chi connectivity index (χ1) is 8.70. The highest BCUT2D eigenvalue weighted by molar-refractivity contribution is 5.22. The Labute approximate surface area is 110 Å². The fourth-order valence-corrected chi connectivity index (χ4v) is 3.14. The van der Waals surface area contributed by atoms with Gasteiger partial charge in [-0.2, -0.15) is 0 Å². The summed E-state index contributed by atoms with van der Waals surface area (Å²) in [5, 5.41) is 3.47. The van der Waals surface area contributed by atoms with E-state index < -0.39 is 0 Å². The minimum Gasteiger partial charge on any atom is -0.317 e. The minimum atomic E-state index is -0.133. The lowest BCUT2D eigenvalue weighted by Crippen LogP contribution is -2.31. The maximum atomic E-state index is 13.0. The summed E-state index contributed by atoms with van der Waals surface area (Å²) in [4.78, 5) is 0. The molecule has 1 fully saturated rings. The van der Waals surface area contributed by atoms with E-state index in [1.165, 1.54) is 24.8 Å². The van der Waals surface area contributed by atoms with Crippen molar-refractivity contribution in [2.75, 3.05) is 13.1 Å². The molecule has 0 amide bonds. The number of nitrogens with one attached hydrogen (secondary N) is 1. The zero-order chi connectivity index (χ0) is 13.0. The molecule has 2 rings (SSSR count). The number of rotatable bonds is 4. The van der Waals surface area contributed by atoms with Gasteiger partial charge in [-0.05, 0) is 61.4 Å². The molecule has 1 aromatic carbocycles. The Hall–Kier alpha value is -0.890. The molecule has 3 unspecified atom stereocenters. The lowest BCUT2D eigenvalue weighted by molar-refractivity contribution is 0.242. The first-order valence-corrected chi connectivity index (χ1v) is 7.17. The zero-order valence-corrected chi connectivity index (χ0v) is 11.5. The standard InChI is InChI=1S/C16H24FN/c1-3-18-11-14-5-4-12(2)10-16(14)13-6-8-15(17)9-7-13/h6-9,12,14,16,18H,3-5,10-11H2,1-2H3. The summed E-state index contributed by atoms with van der Waals surface area (Å²) in [6, 6.07) is 7.13. The van der Waals surface area contributed by atoms with Gasteiger partial charge in [0.15, 0.2) is 0 Å². The summed E-state index contributed by atoms with van der Waals surface area (Å²) in [7, 11) is 0. The van der Waals surface area contributed by atoms with E-state index in [4.69, 9.17) is 0 Å². The van der Waals surface area contributed by atoms with Gasteiger partial charge in [0.2, 0.25) is 0 Å². The monoisotopic (exact) mass is 249 g/mol. The van der Waals surface area contributed by atoms with Gasteiger partial charge in [-0.1, -0.05) is 32.4 Å². The van der Waals surface area contributed by atoms with Crippen LogP contribution in [0.15, 0.2) is 24.3 Å². The van der Waals surface area contributed by atoms with Gasteiger partial charge in [0.1, 0.15) is 5.82 Å². The summed E-state index contributed by atoms with van der Waals surface area (Å²) >= 11 is 0. The molecule has 0 spiro atoms. The van der Waals surface area contributed by atoms with Crippen LogP contribution in [0.1, 0.15) is 44.6 Å². The Morgan fingerprint density at radius 3 is 2.61 bits per heavy atom. The molecule has 0 bridgehead atoms. The average molecular weight is 249 g/mol. The van der Waals surface area contributed by atoms with Crippen molar-refractivity contribution in [3.8, 4) is 0 Å². The van der Waals surface area contributed by atoms with E-state index in [-0.39, 0.29) is 5.82 Å². The first kappa shape index (κ1) is 13.5. The van der Waals surface area contributed by atoms with Gasteiger partial charge < -0.3 is 5.32 Å². The van der Waals surface area contributed by atoms with Crippen LogP contribution in [-0.2, 0) is 0 Å². The molecule has 0 radical (unpaired) electrons. The third-order valence-corrected chi connectivity index (χ3v) is 4.21. The maximum Gasteiger partial charge on any atom is 0.123 e. The van der Waals surface area contributed by atoms with Gasteiger partial charge in [0.05, 0.1) is 0 Å². The average Bonchev–Trinajstić information content (AvgIpc) is 2.38. The van der Waals surface area contributed by atoms with Crippen molar-refractivity contribution in [1.82, 2.24) is 5.32 Å². The molecule has 0 heterocycles. The quantitative estimate of drug-likeness (QED) is 0.852. The zero-order valence-electron chi connectivity index (χ0n) is 11.5. The molecule has 0 aromatic heterocycles. The molecule has 3 atom stereocenters. The number of hydrogen-bond acceptors (Lipinski definition) is 1. The van der Waals surface area contributed by atoms with E-state index in [1.54, 1.807) is 12.1 Å². The molecule has 0 saturated heterocycles. The van der Waals surface area contributed by atoms with Crippen LogP contribution in [0.3, 0.4) is 0 Å². The molecule has 100 valence electrons. The molecule has 18 heavy (non-hydrogen) atoms. The van der Waals surface area contributed by atoms with Crippen LogP contribution in [0.25, 0.3) is 0 Å². The number of hydrogen-bond donors (Lipinski definition) is 1. The van der Waals surface area contributed by atoms with Crippen molar-refractivity contribution in [3.05, 3.63) is 35.6 Å². The van der Waals surface area contributed by atoms with Crippen molar-refractivity contribution >= 4 is 0 Å². The van der Waals surface area contributed by atoms with Crippen LogP contribution < -0.4 is 5.32 Å². The summed E-state index contributed by atoms with van der Waals surface area (Å²) in [6.45, 7) is 6.60. The minimum absolute atomic E-state index is 0.133. The van der Waals surface area contributed by atoms with Gasteiger partial charge in [-0.3, -0.25) is 0 Å². The number of halogens is 1. The van der Waals surface area contributed by atoms with Crippen LogP contribution in [0.4, 0.5) is 4.39 Å². The second-order valence-corrected chi connectivity index (χ2v) is 5.64. The van der Waals surface area contributed by atoms with Crippen LogP contribution in [-0.4, -0.2) is 13.1 Å². The van der Waals surface area contributed by atoms with Gasteiger partial charge in [-0.25, -0.2) is 4.39 Å². The van der Waals surface area contributed by atoms with Crippen LogP contribution >= 0.6 is 0 Å². The molecule has 1 N–H and O–H groups in total. The second kappa shape index (κ2) is 6.33. The Bertz CT molecular complexity index is 358. The van der Waals surface area contributed by atoms with E-state index in [9.17, 15) is 4.39 Å². The summed E-state index contributed by atoms with van der Waals surface area (Å²) < 4.78 is 13.0. The highest BCUT2D eigenvalue weighted by Crippen LogP contribution is 2.40. The van der Waals surface area contributed by atoms with E-state index >= 15 is 0 Å². The van der Waals surface area contributed by atoms with Crippen LogP contribution in [0.5, 0.6) is 0 Å². The predicted molar refractivity (Wildman–Crippen MR) is 74.2 cm³/mol. The number of benzene rings is 1. The Balaban J connectivity index is 2.11. The Morgan fingerprint density at radius 1 is 1.22 bits per heavy atom. The lowest BCUT2D eigenvalue weighted by atomic mass is 9.71. The maximum absolute atomic E-state index is 13.0. The topological polar surface area (TPSA) is 12.0 Å². The highest BCUT2D eigenvalue weighted by Gasteiger charge is 2.29. The molecule has 1 saturated carbocycles. The SMILES string of the molecule is CCNCC1CCC(C)CC1c1ccc(F)cc1. The molecular weight excluding hydrogens is 225 g/mol. The summed E-state index contributed by atoms with van der Waals surface area (Å²) in [6.07, 6.45) is 3.85. The molecule has 2 heteroatoms. The smallest absolute Gasteiger partial charge is 0.123 e. The van der Waals surface area contributed by atoms with Crippen molar-refractivity contribution in [2.24, 2.45) is 11.8 Å². The van der Waals surface area contributed by atoms with Crippen molar-refractivity contribution in [2.45, 2.75) is 39.0 Å². The molecule has 0 aliphatic heterocycles. The van der Waals surface area contributed by atoms with Crippen LogP contribution in [0.2, 0.25) is 0 Å². The lowest BCUT2D eigenvalue weighted by Gasteiger charge is -2.35. The molecule has 1 aliphatic rings. The third-order valence-electron chi connectivity index (χ3n) is 4.21. The molecule has 1 aromatic rings. The van der Waals surface area contributed by atoms with Crippen molar-refractivity contribution in [3.63, 3.8) is 0 Å². The van der Waals surface area contributed by atoms with Gasteiger partial charge in [-0.15, -0.1) is 0 Å². The van der Waals surface area contributed by atoms with E-state index in [0.29, 0.717) is 11.8 Å². The van der Waals surface area contributed by atoms with E-state index in [2.05, 4.69) is 19.2 Å². The first-order valence-electron chi connectivity index (χ1n) is 7.17. The van der Waals surface area contributed by atoms with Crippen LogP contribution in [0, 0.1) is 17.7 Å². The molecule has 1 nitrogen and oxygen atoms in total. The molecule has 1 aliphatic carbocycles. The van der Waals surface area contributed by atoms with E-state index in [0.717, 1.165) is 19.0 Å². The Kier molecular flexibility index (Phi) is 4.76. The second-order valence-electron chi connectivity index (χ2n) is 5.64. The van der Waals surface area contributed by atoms with Gasteiger partial charge >= 0.3 is 0 Å². The third kappa shape index (κ3) is 3.32. The Morgan fingerprint density at radius 2 is 1.94 bits per heavy atom. The van der Waals surface area contributed by atoms with Crippen molar-refractivity contribution in [1.29, 1.82) is 0 Å². The van der Waals surface area contributed by atoms with Gasteiger partial charge in [0, 0.05) is 0 Å². The summed E-state index contributed by atoms with van der Waals surface area (Å²) in [5.74, 6) is 1.95. The fourth-order valence-electron chi connectivity index (χ4n) is 3.14. The van der Waals surface area contributed by atoms with Crippen molar-refractivity contribution < 1.29 is 4.39 Å². The highest BCUT2D eigenvalue weighted by atomic mass is 19.1. The largest absolute Gasteiger partial charge is 0.317 e. The normalized spacial score (nSPS) is 28.3. The summed E-state index contributed by atoms with van der Waals surface area (Å²) in [5.41, 5.74) is 1.31. The fraction of sp³-hybridized carbons (Fsp3) is 0.625. The van der Waals surface area contributed by atoms with E-state index in [1.807, 2.05) is 12.1 Å².